The van der Waals surface area contributed by atoms with Gasteiger partial charge in [0, 0.05) is 24.7 Å². The number of carbonyl (C=O) groups is 1. The minimum absolute atomic E-state index is 0.0547. The highest BCUT2D eigenvalue weighted by Gasteiger charge is 2.32. The molecule has 114 valence electrons. The summed E-state index contributed by atoms with van der Waals surface area (Å²) in [5.41, 5.74) is 0.894. The summed E-state index contributed by atoms with van der Waals surface area (Å²) in [6.45, 7) is 5.07. The summed E-state index contributed by atoms with van der Waals surface area (Å²) in [5, 5.41) is 3.31. The van der Waals surface area contributed by atoms with Crippen LogP contribution in [0.15, 0.2) is 18.2 Å². The molecule has 0 saturated carbocycles. The molecule has 5 nitrogen and oxygen atoms in total. The molecule has 0 bridgehead atoms. The molecule has 1 aromatic carbocycles. The molecule has 5 heteroatoms. The molecule has 1 N–H and O–H groups in total. The quantitative estimate of drug-likeness (QED) is 0.921. The fourth-order valence-corrected chi connectivity index (χ4v) is 2.76. The molecule has 2 heterocycles. The monoisotopic (exact) mass is 290 g/mol. The summed E-state index contributed by atoms with van der Waals surface area (Å²) in [7, 11) is 0. The van der Waals surface area contributed by atoms with Gasteiger partial charge in [0.2, 0.25) is 5.91 Å². The van der Waals surface area contributed by atoms with E-state index in [9.17, 15) is 4.79 Å². The summed E-state index contributed by atoms with van der Waals surface area (Å²) in [6, 6.07) is 5.70. The smallest absolute Gasteiger partial charge is 0.244 e. The zero-order valence-corrected chi connectivity index (χ0v) is 12.4. The van der Waals surface area contributed by atoms with Crippen LogP contribution in [0.25, 0.3) is 0 Å². The predicted octanol–water partition coefficient (Wildman–Crippen LogP) is 1.95. The molecular formula is C16H22N2O3. The first-order chi connectivity index (χ1) is 10.3. The summed E-state index contributed by atoms with van der Waals surface area (Å²) in [6.07, 6.45) is 2.77. The first kappa shape index (κ1) is 14.2. The topological polar surface area (TPSA) is 50.8 Å². The average molecular weight is 290 g/mol. The van der Waals surface area contributed by atoms with Gasteiger partial charge in [0.15, 0.2) is 11.5 Å². The lowest BCUT2D eigenvalue weighted by molar-refractivity contribution is -0.118. The lowest BCUT2D eigenvalue weighted by Gasteiger charge is -2.19. The Morgan fingerprint density at radius 1 is 1.29 bits per heavy atom. The SMILES string of the molecule is CCCNC1CCN(c2ccc3c(c2)OCCCO3)C1=O. The highest BCUT2D eigenvalue weighted by molar-refractivity contribution is 5.99. The van der Waals surface area contributed by atoms with Crippen LogP contribution in [0.3, 0.4) is 0 Å². The second kappa shape index (κ2) is 6.35. The van der Waals surface area contributed by atoms with Crippen LogP contribution in [0.1, 0.15) is 26.2 Å². The summed E-state index contributed by atoms with van der Waals surface area (Å²) in [5.74, 6) is 1.66. The highest BCUT2D eigenvalue weighted by Crippen LogP contribution is 2.34. The van der Waals surface area contributed by atoms with E-state index in [1.54, 1.807) is 0 Å². The molecule has 3 rings (SSSR count). The first-order valence-corrected chi connectivity index (χ1v) is 7.74. The van der Waals surface area contributed by atoms with Gasteiger partial charge in [-0.25, -0.2) is 0 Å². The molecule has 0 spiro atoms. The van der Waals surface area contributed by atoms with E-state index in [1.165, 1.54) is 0 Å². The van der Waals surface area contributed by atoms with Crippen molar-refractivity contribution < 1.29 is 14.3 Å². The van der Waals surface area contributed by atoms with E-state index in [0.29, 0.717) is 13.2 Å². The van der Waals surface area contributed by atoms with Crippen LogP contribution < -0.4 is 19.7 Å². The van der Waals surface area contributed by atoms with Crippen LogP contribution in [0.5, 0.6) is 11.5 Å². The fraction of sp³-hybridized carbons (Fsp3) is 0.562. The van der Waals surface area contributed by atoms with Crippen molar-refractivity contribution in [2.24, 2.45) is 0 Å². The summed E-state index contributed by atoms with van der Waals surface area (Å²) in [4.78, 5) is 14.3. The van der Waals surface area contributed by atoms with E-state index >= 15 is 0 Å². The van der Waals surface area contributed by atoms with Crippen molar-refractivity contribution in [1.82, 2.24) is 5.32 Å². The van der Waals surface area contributed by atoms with Crippen molar-refractivity contribution in [3.63, 3.8) is 0 Å². The molecule has 1 unspecified atom stereocenters. The first-order valence-electron chi connectivity index (χ1n) is 7.74. The number of benzene rings is 1. The Bertz CT molecular complexity index is 518. The maximum atomic E-state index is 12.4. The number of nitrogens with one attached hydrogen (secondary N) is 1. The van der Waals surface area contributed by atoms with Crippen LogP contribution >= 0.6 is 0 Å². The number of fused-ring (bicyclic) bond motifs is 1. The minimum atomic E-state index is -0.0547. The van der Waals surface area contributed by atoms with Crippen molar-refractivity contribution in [2.45, 2.75) is 32.2 Å². The number of rotatable bonds is 4. The molecule has 1 aromatic rings. The van der Waals surface area contributed by atoms with Gasteiger partial charge in [-0.1, -0.05) is 6.92 Å². The second-order valence-electron chi connectivity index (χ2n) is 5.47. The lowest BCUT2D eigenvalue weighted by atomic mass is 10.2. The van der Waals surface area contributed by atoms with Crippen LogP contribution in [0.2, 0.25) is 0 Å². The van der Waals surface area contributed by atoms with Gasteiger partial charge in [0.1, 0.15) is 0 Å². The van der Waals surface area contributed by atoms with E-state index in [1.807, 2.05) is 23.1 Å². The largest absolute Gasteiger partial charge is 0.490 e. The third kappa shape index (κ3) is 2.97. The van der Waals surface area contributed by atoms with Crippen LogP contribution in [0, 0.1) is 0 Å². The minimum Gasteiger partial charge on any atom is -0.490 e. The molecule has 2 aliphatic heterocycles. The van der Waals surface area contributed by atoms with Crippen molar-refractivity contribution >= 4 is 11.6 Å². The van der Waals surface area contributed by atoms with Gasteiger partial charge in [0.25, 0.3) is 0 Å². The fourth-order valence-electron chi connectivity index (χ4n) is 2.76. The van der Waals surface area contributed by atoms with Crippen LogP contribution in [-0.4, -0.2) is 38.3 Å². The second-order valence-corrected chi connectivity index (χ2v) is 5.47. The zero-order chi connectivity index (χ0) is 14.7. The molecule has 2 aliphatic rings. The molecule has 1 atom stereocenters. The third-order valence-corrected chi connectivity index (χ3v) is 3.89. The van der Waals surface area contributed by atoms with Gasteiger partial charge in [0.05, 0.1) is 19.3 Å². The Hall–Kier alpha value is -1.75. The maximum Gasteiger partial charge on any atom is 0.244 e. The Balaban J connectivity index is 1.75. The number of nitrogens with zero attached hydrogens (tertiary/aromatic N) is 1. The summed E-state index contributed by atoms with van der Waals surface area (Å²) >= 11 is 0. The number of amides is 1. The Morgan fingerprint density at radius 2 is 2.10 bits per heavy atom. The van der Waals surface area contributed by atoms with Gasteiger partial charge < -0.3 is 19.7 Å². The molecule has 1 saturated heterocycles. The Morgan fingerprint density at radius 3 is 2.90 bits per heavy atom. The lowest BCUT2D eigenvalue weighted by Crippen LogP contribution is -2.38. The predicted molar refractivity (Wildman–Crippen MR) is 81.1 cm³/mol. The van der Waals surface area contributed by atoms with Gasteiger partial charge >= 0.3 is 0 Å². The molecule has 1 amide bonds. The van der Waals surface area contributed by atoms with E-state index in [2.05, 4.69) is 12.2 Å². The normalized spacial score (nSPS) is 21.5. The van der Waals surface area contributed by atoms with Gasteiger partial charge in [-0.3, -0.25) is 4.79 Å². The molecule has 1 fully saturated rings. The van der Waals surface area contributed by atoms with Crippen molar-refractivity contribution in [3.8, 4) is 11.5 Å². The van der Waals surface area contributed by atoms with Crippen molar-refractivity contribution in [1.29, 1.82) is 0 Å². The molecule has 0 radical (unpaired) electrons. The zero-order valence-electron chi connectivity index (χ0n) is 12.4. The summed E-state index contributed by atoms with van der Waals surface area (Å²) < 4.78 is 11.3. The number of anilines is 1. The molecular weight excluding hydrogens is 268 g/mol. The van der Waals surface area contributed by atoms with Crippen LogP contribution in [0.4, 0.5) is 5.69 Å². The highest BCUT2D eigenvalue weighted by atomic mass is 16.5. The number of hydrogen-bond donors (Lipinski definition) is 1. The number of hydrogen-bond acceptors (Lipinski definition) is 4. The van der Waals surface area contributed by atoms with Gasteiger partial charge in [-0.15, -0.1) is 0 Å². The van der Waals surface area contributed by atoms with E-state index in [-0.39, 0.29) is 11.9 Å². The number of ether oxygens (including phenoxy) is 2. The van der Waals surface area contributed by atoms with Gasteiger partial charge in [-0.2, -0.15) is 0 Å². The van der Waals surface area contributed by atoms with Crippen LogP contribution in [-0.2, 0) is 4.79 Å². The van der Waals surface area contributed by atoms with Crippen molar-refractivity contribution in [2.75, 3.05) is 31.2 Å². The van der Waals surface area contributed by atoms with E-state index < -0.39 is 0 Å². The Labute approximate surface area is 125 Å². The van der Waals surface area contributed by atoms with E-state index in [0.717, 1.165) is 49.5 Å². The standard InChI is InChI=1S/C16H22N2O3/c1-2-7-17-13-6-8-18(16(13)19)12-4-5-14-15(11-12)21-10-3-9-20-14/h4-5,11,13,17H,2-3,6-10H2,1H3. The van der Waals surface area contributed by atoms with E-state index in [4.69, 9.17) is 9.47 Å². The number of carbonyl (C=O) groups excluding carboxylic acids is 1. The molecule has 0 aromatic heterocycles. The average Bonchev–Trinajstić information content (AvgIpc) is 2.72. The third-order valence-electron chi connectivity index (χ3n) is 3.89. The van der Waals surface area contributed by atoms with Crippen molar-refractivity contribution in [3.05, 3.63) is 18.2 Å². The molecule has 21 heavy (non-hydrogen) atoms. The maximum absolute atomic E-state index is 12.4. The van der Waals surface area contributed by atoms with Gasteiger partial charge in [-0.05, 0) is 31.5 Å². The Kier molecular flexibility index (Phi) is 4.29. The molecule has 0 aliphatic carbocycles.